The molecule has 3 rings (SSSR count). The molecule has 7 heteroatoms. The summed E-state index contributed by atoms with van der Waals surface area (Å²) in [5, 5.41) is 21.9. The molecular formula is C14H13N5OS. The van der Waals surface area contributed by atoms with Crippen molar-refractivity contribution in [3.05, 3.63) is 54.4 Å². The molecule has 21 heavy (non-hydrogen) atoms. The number of pyridine rings is 1. The highest BCUT2D eigenvalue weighted by atomic mass is 32.2. The van der Waals surface area contributed by atoms with Crippen LogP contribution < -0.4 is 0 Å². The second kappa shape index (κ2) is 6.02. The van der Waals surface area contributed by atoms with E-state index in [1.165, 1.54) is 11.8 Å². The smallest absolute Gasteiger partial charge is 0.218 e. The molecule has 2 heterocycles. The van der Waals surface area contributed by atoms with Crippen LogP contribution in [-0.2, 0) is 0 Å². The fraction of sp³-hybridized carbons (Fsp3) is 0.143. The summed E-state index contributed by atoms with van der Waals surface area (Å²) in [5.74, 6) is 0. The quantitative estimate of drug-likeness (QED) is 0.796. The van der Waals surface area contributed by atoms with E-state index in [-0.39, 0.29) is 0 Å². The number of tetrazole rings is 1. The number of rotatable bonds is 4. The van der Waals surface area contributed by atoms with Gasteiger partial charge in [0, 0.05) is 11.1 Å². The maximum absolute atomic E-state index is 9.46. The minimum Gasteiger partial charge on any atom is -0.387 e. The minimum atomic E-state index is -0.571. The first kappa shape index (κ1) is 13.7. The summed E-state index contributed by atoms with van der Waals surface area (Å²) in [7, 11) is 0. The van der Waals surface area contributed by atoms with Gasteiger partial charge in [-0.1, -0.05) is 18.2 Å². The Morgan fingerprint density at radius 3 is 2.62 bits per heavy atom. The second-order valence-corrected chi connectivity index (χ2v) is 5.45. The van der Waals surface area contributed by atoms with Gasteiger partial charge in [0.25, 0.3) is 0 Å². The Hall–Kier alpha value is -2.25. The molecule has 1 aromatic carbocycles. The maximum Gasteiger partial charge on any atom is 0.218 e. The van der Waals surface area contributed by atoms with Crippen LogP contribution in [0.2, 0.25) is 0 Å². The summed E-state index contributed by atoms with van der Waals surface area (Å²) >= 11 is 1.42. The van der Waals surface area contributed by atoms with E-state index in [4.69, 9.17) is 0 Å². The zero-order valence-electron chi connectivity index (χ0n) is 11.3. The average molecular weight is 299 g/mol. The molecule has 0 amide bonds. The number of hydrogen-bond acceptors (Lipinski definition) is 6. The standard InChI is InChI=1S/C14H13N5OS/c1-10(20)13-8-7-12(9-15-13)21-14-16-17-18-19(14)11-5-3-2-4-6-11/h2-10,20H,1H3/t10-/m1/s1. The van der Waals surface area contributed by atoms with Gasteiger partial charge in [-0.2, -0.15) is 4.68 Å². The molecule has 6 nitrogen and oxygen atoms in total. The third-order valence-corrected chi connectivity index (χ3v) is 3.75. The van der Waals surface area contributed by atoms with Crippen LogP contribution in [0, 0.1) is 0 Å². The zero-order valence-corrected chi connectivity index (χ0v) is 12.1. The van der Waals surface area contributed by atoms with E-state index < -0.39 is 6.10 Å². The van der Waals surface area contributed by atoms with Crippen LogP contribution in [0.25, 0.3) is 5.69 Å². The summed E-state index contributed by atoms with van der Waals surface area (Å²) in [6.45, 7) is 1.69. The third-order valence-electron chi connectivity index (χ3n) is 2.84. The zero-order chi connectivity index (χ0) is 14.7. The van der Waals surface area contributed by atoms with Crippen molar-refractivity contribution in [3.63, 3.8) is 0 Å². The predicted octanol–water partition coefficient (Wildman–Crippen LogP) is 2.26. The van der Waals surface area contributed by atoms with Gasteiger partial charge in [-0.25, -0.2) is 0 Å². The van der Waals surface area contributed by atoms with Gasteiger partial charge >= 0.3 is 0 Å². The highest BCUT2D eigenvalue weighted by molar-refractivity contribution is 7.99. The predicted molar refractivity (Wildman–Crippen MR) is 78.1 cm³/mol. The normalized spacial score (nSPS) is 12.3. The molecule has 3 aromatic rings. The number of aliphatic hydroxyl groups excluding tert-OH is 1. The van der Waals surface area contributed by atoms with Crippen molar-refractivity contribution in [2.45, 2.75) is 23.1 Å². The molecule has 0 bridgehead atoms. The lowest BCUT2D eigenvalue weighted by atomic mass is 10.2. The largest absolute Gasteiger partial charge is 0.387 e. The Balaban J connectivity index is 1.84. The van der Waals surface area contributed by atoms with Crippen molar-refractivity contribution in [1.29, 1.82) is 0 Å². The van der Waals surface area contributed by atoms with Crippen molar-refractivity contribution in [1.82, 2.24) is 25.2 Å². The molecule has 0 unspecified atom stereocenters. The van der Waals surface area contributed by atoms with E-state index in [1.807, 2.05) is 36.4 Å². The highest BCUT2D eigenvalue weighted by Crippen LogP contribution is 2.26. The SMILES string of the molecule is C[C@@H](O)c1ccc(Sc2nnnn2-c2ccccc2)cn1. The topological polar surface area (TPSA) is 76.7 Å². The van der Waals surface area contributed by atoms with Crippen molar-refractivity contribution < 1.29 is 5.11 Å². The molecule has 0 aliphatic rings. The van der Waals surface area contributed by atoms with Crippen LogP contribution in [-0.4, -0.2) is 30.3 Å². The molecule has 0 aliphatic heterocycles. The van der Waals surface area contributed by atoms with Gasteiger partial charge < -0.3 is 5.11 Å². The fourth-order valence-corrected chi connectivity index (χ4v) is 2.54. The Labute approximate surface area is 125 Å². The van der Waals surface area contributed by atoms with E-state index in [0.717, 1.165) is 10.6 Å². The van der Waals surface area contributed by atoms with Gasteiger partial charge in [0.05, 0.1) is 17.5 Å². The molecule has 0 radical (unpaired) electrons. The first-order valence-corrected chi connectivity index (χ1v) is 7.21. The Morgan fingerprint density at radius 2 is 1.95 bits per heavy atom. The molecule has 0 aliphatic carbocycles. The lowest BCUT2D eigenvalue weighted by molar-refractivity contribution is 0.194. The lowest BCUT2D eigenvalue weighted by Crippen LogP contribution is -1.98. The van der Waals surface area contributed by atoms with Crippen LogP contribution in [0.5, 0.6) is 0 Å². The Bertz CT molecular complexity index is 712. The van der Waals surface area contributed by atoms with Crippen LogP contribution in [0.3, 0.4) is 0 Å². The summed E-state index contributed by atoms with van der Waals surface area (Å²) in [6, 6.07) is 13.4. The average Bonchev–Trinajstić information content (AvgIpc) is 2.97. The molecule has 2 aromatic heterocycles. The molecule has 1 N–H and O–H groups in total. The number of para-hydroxylation sites is 1. The number of aromatic nitrogens is 5. The van der Waals surface area contributed by atoms with Gasteiger partial charge in [0.15, 0.2) is 0 Å². The van der Waals surface area contributed by atoms with Gasteiger partial charge in [-0.05, 0) is 53.4 Å². The van der Waals surface area contributed by atoms with Gasteiger partial charge in [-0.3, -0.25) is 4.98 Å². The van der Waals surface area contributed by atoms with Crippen LogP contribution in [0.15, 0.2) is 58.7 Å². The van der Waals surface area contributed by atoms with E-state index >= 15 is 0 Å². The first-order chi connectivity index (χ1) is 10.2. The lowest BCUT2D eigenvalue weighted by Gasteiger charge is -2.05. The van der Waals surface area contributed by atoms with Crippen molar-refractivity contribution >= 4 is 11.8 Å². The van der Waals surface area contributed by atoms with E-state index in [2.05, 4.69) is 20.5 Å². The maximum atomic E-state index is 9.46. The van der Waals surface area contributed by atoms with Crippen LogP contribution in [0.4, 0.5) is 0 Å². The van der Waals surface area contributed by atoms with E-state index in [9.17, 15) is 5.11 Å². The van der Waals surface area contributed by atoms with Gasteiger partial charge in [0.1, 0.15) is 0 Å². The number of benzene rings is 1. The summed E-state index contributed by atoms with van der Waals surface area (Å²) in [6.07, 6.45) is 1.13. The summed E-state index contributed by atoms with van der Waals surface area (Å²) < 4.78 is 1.67. The second-order valence-electron chi connectivity index (χ2n) is 4.41. The van der Waals surface area contributed by atoms with Crippen LogP contribution >= 0.6 is 11.8 Å². The Morgan fingerprint density at radius 1 is 1.14 bits per heavy atom. The fourth-order valence-electron chi connectivity index (χ4n) is 1.78. The van der Waals surface area contributed by atoms with Crippen molar-refractivity contribution in [2.24, 2.45) is 0 Å². The Kier molecular flexibility index (Phi) is 3.94. The first-order valence-electron chi connectivity index (χ1n) is 6.40. The molecule has 106 valence electrons. The van der Waals surface area contributed by atoms with Crippen LogP contribution in [0.1, 0.15) is 18.7 Å². The molecule has 0 spiro atoms. The number of nitrogens with zero attached hydrogens (tertiary/aromatic N) is 5. The monoisotopic (exact) mass is 299 g/mol. The number of aliphatic hydroxyl groups is 1. The summed E-state index contributed by atoms with van der Waals surface area (Å²) in [5.41, 5.74) is 1.54. The minimum absolute atomic E-state index is 0.571. The number of hydrogen-bond donors (Lipinski definition) is 1. The van der Waals surface area contributed by atoms with Gasteiger partial charge in [0.2, 0.25) is 5.16 Å². The molecule has 0 saturated heterocycles. The molecular weight excluding hydrogens is 286 g/mol. The van der Waals surface area contributed by atoms with E-state index in [0.29, 0.717) is 10.9 Å². The van der Waals surface area contributed by atoms with Crippen molar-refractivity contribution in [3.8, 4) is 5.69 Å². The van der Waals surface area contributed by atoms with Crippen molar-refractivity contribution in [2.75, 3.05) is 0 Å². The van der Waals surface area contributed by atoms with E-state index in [1.54, 1.807) is 23.9 Å². The molecule has 0 saturated carbocycles. The molecule has 0 fully saturated rings. The summed E-state index contributed by atoms with van der Waals surface area (Å²) in [4.78, 5) is 5.12. The highest BCUT2D eigenvalue weighted by Gasteiger charge is 2.10. The third kappa shape index (κ3) is 3.09. The van der Waals surface area contributed by atoms with Gasteiger partial charge in [-0.15, -0.1) is 5.10 Å². The molecule has 1 atom stereocenters.